The molecule has 1 saturated heterocycles. The maximum atomic E-state index is 14.6. The molecule has 6 nitrogen and oxygen atoms in total. The summed E-state index contributed by atoms with van der Waals surface area (Å²) in [5, 5.41) is 7.14. The van der Waals surface area contributed by atoms with E-state index in [0.29, 0.717) is 35.8 Å². The first-order valence-electron chi connectivity index (χ1n) is 12.1. The number of pyridine rings is 2. The zero-order valence-corrected chi connectivity index (χ0v) is 19.4. The predicted molar refractivity (Wildman–Crippen MR) is 132 cm³/mol. The molecule has 0 radical (unpaired) electrons. The van der Waals surface area contributed by atoms with Crippen molar-refractivity contribution in [1.82, 2.24) is 14.9 Å². The monoisotopic (exact) mass is 449 g/mol. The van der Waals surface area contributed by atoms with Crippen LogP contribution in [0.25, 0.3) is 10.9 Å². The van der Waals surface area contributed by atoms with Gasteiger partial charge in [-0.2, -0.15) is 0 Å². The summed E-state index contributed by atoms with van der Waals surface area (Å²) in [6, 6.07) is 8.05. The van der Waals surface area contributed by atoms with Crippen LogP contribution in [0.1, 0.15) is 49.9 Å². The average molecular weight is 450 g/mol. The molecular weight excluding hydrogens is 417 g/mol. The van der Waals surface area contributed by atoms with Crippen LogP contribution in [0.2, 0.25) is 0 Å². The van der Waals surface area contributed by atoms with Crippen molar-refractivity contribution in [1.29, 1.82) is 0 Å². The summed E-state index contributed by atoms with van der Waals surface area (Å²) in [6.07, 6.45) is 8.29. The number of rotatable bonds is 7. The predicted octanol–water partition coefficient (Wildman–Crippen LogP) is 4.37. The fourth-order valence-electron chi connectivity index (χ4n) is 4.81. The van der Waals surface area contributed by atoms with Gasteiger partial charge in [-0.25, -0.2) is 4.39 Å². The number of piperidine rings is 1. The Morgan fingerprint density at radius 3 is 2.79 bits per heavy atom. The van der Waals surface area contributed by atoms with E-state index >= 15 is 0 Å². The van der Waals surface area contributed by atoms with Gasteiger partial charge in [-0.15, -0.1) is 0 Å². The van der Waals surface area contributed by atoms with Gasteiger partial charge in [0.2, 0.25) is 0 Å². The molecular formula is C26H32FN5O. The molecule has 2 aromatic heterocycles. The summed E-state index contributed by atoms with van der Waals surface area (Å²) in [6.45, 7) is 6.96. The molecule has 0 spiro atoms. The fraction of sp³-hybridized carbons (Fsp3) is 0.462. The minimum atomic E-state index is -0.372. The highest BCUT2D eigenvalue weighted by Gasteiger charge is 2.27. The Kier molecular flexibility index (Phi) is 6.06. The van der Waals surface area contributed by atoms with Crippen molar-refractivity contribution in [3.63, 3.8) is 0 Å². The molecule has 7 heteroatoms. The van der Waals surface area contributed by atoms with Crippen LogP contribution in [-0.2, 0) is 6.54 Å². The van der Waals surface area contributed by atoms with E-state index in [1.807, 2.05) is 32.3 Å². The molecule has 0 amide bonds. The van der Waals surface area contributed by atoms with Gasteiger partial charge in [-0.3, -0.25) is 9.78 Å². The van der Waals surface area contributed by atoms with Gasteiger partial charge >= 0.3 is 0 Å². The third kappa shape index (κ3) is 4.60. The minimum absolute atomic E-state index is 0.0771. The lowest BCUT2D eigenvalue weighted by Gasteiger charge is -2.34. The average Bonchev–Trinajstić information content (AvgIpc) is 3.66. The first-order chi connectivity index (χ1) is 16.0. The Morgan fingerprint density at radius 1 is 1.21 bits per heavy atom. The normalized spacial score (nSPS) is 18.6. The summed E-state index contributed by atoms with van der Waals surface area (Å²) in [5.74, 6) is -0.372. The van der Waals surface area contributed by atoms with Gasteiger partial charge in [0, 0.05) is 61.1 Å². The molecule has 1 aliphatic heterocycles. The third-order valence-electron chi connectivity index (χ3n) is 6.77. The van der Waals surface area contributed by atoms with Crippen molar-refractivity contribution in [3.05, 3.63) is 64.0 Å². The van der Waals surface area contributed by atoms with Gasteiger partial charge in [0.1, 0.15) is 5.82 Å². The standard InChI is InChI=1S/C26H32FN5O/c1-3-28-24-12-25-22(11-23(24)27)26(33)18(15-32(25)20-8-9-20)13-30-19-5-4-10-31(16-19)21-7-6-17(2)29-14-21/h6-7,11-12,14-15,19-20,28,30H,3-5,8-10,13,16H2,1-2H3/t19-/m0/s1. The van der Waals surface area contributed by atoms with Crippen LogP contribution in [0.3, 0.4) is 0 Å². The molecule has 2 fully saturated rings. The van der Waals surface area contributed by atoms with Crippen molar-refractivity contribution in [2.75, 3.05) is 29.9 Å². The Labute approximate surface area is 193 Å². The van der Waals surface area contributed by atoms with Crippen LogP contribution in [0.5, 0.6) is 0 Å². The smallest absolute Gasteiger partial charge is 0.193 e. The van der Waals surface area contributed by atoms with E-state index in [-0.39, 0.29) is 17.3 Å². The lowest BCUT2D eigenvalue weighted by Crippen LogP contribution is -2.46. The Hall–Kier alpha value is -2.93. The van der Waals surface area contributed by atoms with Gasteiger partial charge in [0.05, 0.1) is 23.1 Å². The first kappa shape index (κ1) is 21.9. The van der Waals surface area contributed by atoms with E-state index in [1.54, 1.807) is 6.07 Å². The molecule has 33 heavy (non-hydrogen) atoms. The molecule has 5 rings (SSSR count). The number of halogens is 1. The Bertz CT molecular complexity index is 1200. The van der Waals surface area contributed by atoms with Gasteiger partial charge in [-0.1, -0.05) is 0 Å². The van der Waals surface area contributed by atoms with E-state index in [0.717, 1.165) is 55.7 Å². The summed E-state index contributed by atoms with van der Waals surface area (Å²) in [4.78, 5) is 20.1. The second-order valence-corrected chi connectivity index (χ2v) is 9.33. The molecule has 1 aliphatic carbocycles. The van der Waals surface area contributed by atoms with Gasteiger partial charge in [-0.05, 0) is 63.8 Å². The van der Waals surface area contributed by atoms with Crippen LogP contribution in [0, 0.1) is 12.7 Å². The number of aryl methyl sites for hydroxylation is 1. The molecule has 3 heterocycles. The van der Waals surface area contributed by atoms with E-state index in [9.17, 15) is 9.18 Å². The van der Waals surface area contributed by atoms with Crippen LogP contribution < -0.4 is 21.0 Å². The first-order valence-corrected chi connectivity index (χ1v) is 12.1. The highest BCUT2D eigenvalue weighted by molar-refractivity contribution is 5.83. The molecule has 2 N–H and O–H groups in total. The quantitative estimate of drug-likeness (QED) is 0.561. The summed E-state index contributed by atoms with van der Waals surface area (Å²) in [7, 11) is 0. The lowest BCUT2D eigenvalue weighted by molar-refractivity contribution is 0.420. The van der Waals surface area contributed by atoms with Gasteiger partial charge in [0.15, 0.2) is 5.43 Å². The molecule has 174 valence electrons. The second kappa shape index (κ2) is 9.14. The number of anilines is 2. The molecule has 0 unspecified atom stereocenters. The number of aromatic nitrogens is 2. The molecule has 3 aromatic rings. The number of hydrogen-bond donors (Lipinski definition) is 2. The number of benzene rings is 1. The zero-order valence-electron chi connectivity index (χ0n) is 19.4. The van der Waals surface area contributed by atoms with Crippen molar-refractivity contribution < 1.29 is 4.39 Å². The van der Waals surface area contributed by atoms with Gasteiger partial charge < -0.3 is 20.1 Å². The maximum Gasteiger partial charge on any atom is 0.193 e. The Morgan fingerprint density at radius 2 is 2.06 bits per heavy atom. The molecule has 1 saturated carbocycles. The SMILES string of the molecule is CCNc1cc2c(cc1F)c(=O)c(CN[C@H]1CCCN(c3ccc(C)nc3)C1)cn2C1CC1. The van der Waals surface area contributed by atoms with Crippen LogP contribution >= 0.6 is 0 Å². The van der Waals surface area contributed by atoms with Crippen molar-refractivity contribution in [2.45, 2.75) is 58.2 Å². The summed E-state index contributed by atoms with van der Waals surface area (Å²) >= 11 is 0. The summed E-state index contributed by atoms with van der Waals surface area (Å²) < 4.78 is 16.8. The molecule has 1 aromatic carbocycles. The van der Waals surface area contributed by atoms with Crippen molar-refractivity contribution in [3.8, 4) is 0 Å². The number of hydrogen-bond acceptors (Lipinski definition) is 5. The number of fused-ring (bicyclic) bond motifs is 1. The van der Waals surface area contributed by atoms with Crippen molar-refractivity contribution in [2.24, 2.45) is 0 Å². The lowest BCUT2D eigenvalue weighted by atomic mass is 10.0. The third-order valence-corrected chi connectivity index (χ3v) is 6.77. The maximum absolute atomic E-state index is 14.6. The molecule has 0 bridgehead atoms. The topological polar surface area (TPSA) is 62.2 Å². The highest BCUT2D eigenvalue weighted by Crippen LogP contribution is 2.37. The second-order valence-electron chi connectivity index (χ2n) is 9.33. The van der Waals surface area contributed by atoms with Crippen LogP contribution in [0.4, 0.5) is 15.8 Å². The zero-order chi connectivity index (χ0) is 22.9. The summed E-state index contributed by atoms with van der Waals surface area (Å²) in [5.41, 5.74) is 4.06. The van der Waals surface area contributed by atoms with E-state index < -0.39 is 0 Å². The van der Waals surface area contributed by atoms with Crippen LogP contribution in [-0.4, -0.2) is 35.2 Å². The minimum Gasteiger partial charge on any atom is -0.383 e. The largest absolute Gasteiger partial charge is 0.383 e. The van der Waals surface area contributed by atoms with Crippen molar-refractivity contribution >= 4 is 22.3 Å². The van der Waals surface area contributed by atoms with E-state index in [1.165, 1.54) is 6.07 Å². The highest BCUT2D eigenvalue weighted by atomic mass is 19.1. The fourth-order valence-corrected chi connectivity index (χ4v) is 4.81. The Balaban J connectivity index is 1.37. The van der Waals surface area contributed by atoms with Gasteiger partial charge in [0.25, 0.3) is 0 Å². The number of nitrogens with zero attached hydrogens (tertiary/aromatic N) is 3. The number of nitrogens with one attached hydrogen (secondary N) is 2. The molecule has 2 aliphatic rings. The van der Waals surface area contributed by atoms with E-state index in [4.69, 9.17) is 0 Å². The molecule has 1 atom stereocenters. The van der Waals surface area contributed by atoms with Crippen LogP contribution in [0.15, 0.2) is 41.5 Å². The van der Waals surface area contributed by atoms with E-state index in [2.05, 4.69) is 31.2 Å².